The van der Waals surface area contributed by atoms with Gasteiger partial charge in [0.25, 0.3) is 5.91 Å². The van der Waals surface area contributed by atoms with Crippen molar-refractivity contribution in [3.8, 4) is 0 Å². The minimum atomic E-state index is -0.777. The molecule has 0 bridgehead atoms. The average Bonchev–Trinajstić information content (AvgIpc) is 3.27. The molecule has 6 atom stereocenters. The number of hydrogen-bond acceptors (Lipinski definition) is 12. The van der Waals surface area contributed by atoms with Gasteiger partial charge < -0.3 is 63.1 Å². The average molecular weight is 1380 g/mol. The van der Waals surface area contributed by atoms with E-state index in [1.807, 2.05) is 72.8 Å². The van der Waals surface area contributed by atoms with Crippen LogP contribution in [0.3, 0.4) is 0 Å². The summed E-state index contributed by atoms with van der Waals surface area (Å²) in [7, 11) is 2.84. The molecule has 0 aliphatic heterocycles. The normalized spacial score (nSPS) is 13.0. The molecular formula is C53H74Br5MgN5O11. The van der Waals surface area contributed by atoms with Gasteiger partial charge >= 0.3 is 41.3 Å². The van der Waals surface area contributed by atoms with Crippen molar-refractivity contribution in [3.05, 3.63) is 138 Å². The second-order valence-electron chi connectivity index (χ2n) is 19.1. The Labute approximate surface area is 504 Å². The summed E-state index contributed by atoms with van der Waals surface area (Å²) in [6.45, 7) is 22.7. The first-order valence-electron chi connectivity index (χ1n) is 22.9. The molecule has 0 fully saturated rings. The van der Waals surface area contributed by atoms with Gasteiger partial charge in [-0.15, -0.1) is 0 Å². The Morgan fingerprint density at radius 3 is 1.20 bits per heavy atom. The largest absolute Gasteiger partial charge is 2.00 e. The number of likely N-dealkylation sites (N-methyl/N-ethyl adjacent to an activating group) is 1. The van der Waals surface area contributed by atoms with Crippen LogP contribution in [0, 0.1) is 6.07 Å². The number of aliphatic hydroxyl groups is 2. The van der Waals surface area contributed by atoms with Gasteiger partial charge in [0.05, 0.1) is 31.4 Å². The molecule has 4 rings (SSSR count). The number of ether oxygens (including phenoxy) is 3. The number of nitrogens with zero attached hydrogens (tertiary/aromatic N) is 1. The van der Waals surface area contributed by atoms with Crippen molar-refractivity contribution >= 4 is 117 Å². The number of halogens is 5. The fourth-order valence-electron chi connectivity index (χ4n) is 5.17. The number of rotatable bonds is 11. The molecule has 414 valence electrons. The van der Waals surface area contributed by atoms with Crippen LogP contribution in [0.5, 0.6) is 0 Å². The van der Waals surface area contributed by atoms with Crippen LogP contribution < -0.4 is 38.7 Å². The molecule has 0 aliphatic rings. The molecule has 75 heavy (non-hydrogen) atoms. The van der Waals surface area contributed by atoms with Crippen LogP contribution in [0.1, 0.15) is 124 Å². The number of ketones is 1. The van der Waals surface area contributed by atoms with Gasteiger partial charge in [-0.05, 0) is 138 Å². The van der Waals surface area contributed by atoms with E-state index in [2.05, 4.69) is 85.7 Å². The number of nitrogens with one attached hydrogen (secondary N) is 3. The third kappa shape index (κ3) is 36.5. The molecule has 0 spiro atoms. The van der Waals surface area contributed by atoms with Crippen molar-refractivity contribution in [3.63, 3.8) is 0 Å². The first-order chi connectivity index (χ1) is 33.5. The molecule has 16 nitrogen and oxygen atoms in total. The molecule has 22 heteroatoms. The zero-order chi connectivity index (χ0) is 56.4. The molecule has 0 unspecified atom stereocenters. The summed E-state index contributed by atoms with van der Waals surface area (Å²) in [5, 5.41) is 28.3. The predicted octanol–water partition coefficient (Wildman–Crippen LogP) is 8.56. The van der Waals surface area contributed by atoms with Crippen molar-refractivity contribution in [2.75, 3.05) is 14.2 Å². The topological polar surface area (TPSA) is 228 Å². The van der Waals surface area contributed by atoms with Crippen LogP contribution in [0.2, 0.25) is 0 Å². The second-order valence-corrected chi connectivity index (χ2v) is 22.8. The first kappa shape index (κ1) is 76.1. The maximum Gasteiger partial charge on any atom is 2.00 e. The number of carbonyl (C=O) groups is 5. The van der Waals surface area contributed by atoms with Crippen molar-refractivity contribution < 1.29 is 70.2 Å². The minimum absolute atomic E-state index is 0. The van der Waals surface area contributed by atoms with Crippen LogP contribution in [0.25, 0.3) is 0 Å². The van der Waals surface area contributed by atoms with Gasteiger partial charge in [0.15, 0.2) is 5.78 Å². The monoisotopic (exact) mass is 1380 g/mol. The molecule has 4 aromatic rings. The van der Waals surface area contributed by atoms with Crippen LogP contribution in [-0.2, 0) is 23.8 Å². The van der Waals surface area contributed by atoms with Crippen molar-refractivity contribution in [2.24, 2.45) is 5.73 Å². The Hall–Kier alpha value is -3.16. The summed E-state index contributed by atoms with van der Waals surface area (Å²) in [5.74, 6) is -0.508. The zero-order valence-corrected chi connectivity index (χ0v) is 54.7. The Bertz CT molecular complexity index is 2270. The maximum absolute atomic E-state index is 12.1. The maximum atomic E-state index is 12.1. The number of alkyl carbamates (subject to hydrolysis) is 3. The van der Waals surface area contributed by atoms with Gasteiger partial charge in [-0.25, -0.2) is 19.4 Å². The number of nitrogens with two attached hydrogens (primary N) is 1. The molecule has 0 radical (unpaired) electrons. The SMILES string of the molecule is Brc1cc[c-]cc1.CON(C)C(=O)[C@H](C)NC(=O)OC(C)(C)C.C[C@H](N)[C@H](O)c1ccc(Br)cc1.C[C@H](NC(=O)OC(C)(C)C)C(=O)c1ccc(Br)cc1.C[C@H](NC(=O)OC(C)(C)C)[C@H](O)c1ccc(Br)cc1.[Br-].[Mg+2]. The molecule has 0 aromatic heterocycles. The van der Waals surface area contributed by atoms with Gasteiger partial charge in [0, 0.05) is 32.1 Å². The van der Waals surface area contributed by atoms with Gasteiger partial charge in [-0.2, -0.15) is 30.3 Å². The predicted molar refractivity (Wildman–Crippen MR) is 305 cm³/mol. The minimum Gasteiger partial charge on any atom is -1.00 e. The number of hydroxylamine groups is 2. The smallest absolute Gasteiger partial charge is 1.00 e. The van der Waals surface area contributed by atoms with E-state index >= 15 is 0 Å². The van der Waals surface area contributed by atoms with Crippen molar-refractivity contribution in [1.29, 1.82) is 0 Å². The van der Waals surface area contributed by atoms with Gasteiger partial charge in [0.2, 0.25) is 0 Å². The number of benzene rings is 4. The standard InChI is InChI=1S/C14H20BrNO3.C14H18BrNO3.C10H20N2O4.C9H12BrNO.C6H4Br.BrH.Mg/c2*1-9(16-13(18)19-14(2,3)4)12(17)10-5-7-11(15)8-6-10;1-7(8(13)12(5)15-6)11-9(14)16-10(2,3)4;1-6(11)9(12)7-2-4-8(10)5-3-7;7-6-4-2-1-3-5-6;;/h5-9,12,17H,1-4H3,(H,16,18);5-9H,1-4H3,(H,16,18);7H,1-6H3,(H,11,14);2-6,9,12H,11H2,1H3;2-5H;1H;/q;;;;-1;;+2/p-1/t9-,12-;9-;7-;6-,9-;;;/m0000.../s1. The van der Waals surface area contributed by atoms with Crippen molar-refractivity contribution in [2.45, 2.75) is 143 Å². The Balaban J connectivity index is -0.000000883. The van der Waals surface area contributed by atoms with Gasteiger partial charge in [-0.3, -0.25) is 14.4 Å². The molecule has 4 aromatic carbocycles. The molecule has 0 aliphatic carbocycles. The number of carbonyl (C=O) groups excluding carboxylic acids is 5. The summed E-state index contributed by atoms with van der Waals surface area (Å²) in [5.41, 5.74) is 5.98. The summed E-state index contributed by atoms with van der Waals surface area (Å²) in [4.78, 5) is 62.8. The van der Waals surface area contributed by atoms with Crippen molar-refractivity contribution in [1.82, 2.24) is 21.0 Å². The summed E-state index contributed by atoms with van der Waals surface area (Å²) < 4.78 is 19.2. The molecule has 0 heterocycles. The van der Waals surface area contributed by atoms with E-state index in [1.165, 1.54) is 14.2 Å². The first-order valence-corrected chi connectivity index (χ1v) is 26.1. The summed E-state index contributed by atoms with van der Waals surface area (Å²) in [6.07, 6.45) is -3.10. The van der Waals surface area contributed by atoms with Crippen LogP contribution in [0.4, 0.5) is 14.4 Å². The molecule has 0 saturated heterocycles. The van der Waals surface area contributed by atoms with E-state index in [0.29, 0.717) is 5.56 Å². The van der Waals surface area contributed by atoms with Gasteiger partial charge in [0.1, 0.15) is 22.8 Å². The summed E-state index contributed by atoms with van der Waals surface area (Å²) in [6, 6.07) is 30.3. The Morgan fingerprint density at radius 1 is 0.560 bits per heavy atom. The molecule has 4 amide bonds. The molecule has 0 saturated carbocycles. The number of Topliss-reactive ketones (excluding diaryl/α,β-unsaturated/α-hetero) is 1. The second kappa shape index (κ2) is 37.6. The van der Waals surface area contributed by atoms with Gasteiger partial charge in [-0.1, -0.05) is 105 Å². The summed E-state index contributed by atoms with van der Waals surface area (Å²) >= 11 is 13.2. The van der Waals surface area contributed by atoms with E-state index < -0.39 is 65.4 Å². The zero-order valence-electron chi connectivity index (χ0n) is 45.4. The van der Waals surface area contributed by atoms with Crippen LogP contribution in [0.15, 0.2) is 115 Å². The molecule has 7 N–H and O–H groups in total. The number of amides is 4. The number of aliphatic hydroxyl groups excluding tert-OH is 2. The third-order valence-corrected chi connectivity index (χ3v) is 10.9. The van der Waals surface area contributed by atoms with Crippen LogP contribution >= 0.6 is 63.7 Å². The van der Waals surface area contributed by atoms with E-state index in [4.69, 9.17) is 24.8 Å². The Morgan fingerprint density at radius 2 is 0.880 bits per heavy atom. The quantitative estimate of drug-likeness (QED) is 0.0273. The van der Waals surface area contributed by atoms with E-state index in [0.717, 1.165) is 34.1 Å². The van der Waals surface area contributed by atoms with E-state index in [-0.39, 0.29) is 57.8 Å². The third-order valence-electron chi connectivity index (χ3n) is 8.76. The Kier molecular flexibility index (Phi) is 38.2. The van der Waals surface area contributed by atoms with Crippen LogP contribution in [-0.4, -0.2) is 123 Å². The molecular weight excluding hydrogens is 1310 g/mol. The fourth-order valence-corrected chi connectivity index (χ4v) is 6.23. The van der Waals surface area contributed by atoms with E-state index in [9.17, 15) is 34.2 Å². The fraction of sp³-hybridized carbons (Fsp3) is 0.453. The number of hydrogen-bond donors (Lipinski definition) is 6. The van der Waals surface area contributed by atoms with E-state index in [1.54, 1.807) is 114 Å².